The lowest BCUT2D eigenvalue weighted by molar-refractivity contribution is 1.18. The number of rotatable bonds is 10. The van der Waals surface area contributed by atoms with E-state index in [2.05, 4.69) is 309 Å². The van der Waals surface area contributed by atoms with Crippen LogP contribution in [0.4, 0.5) is 0 Å². The summed E-state index contributed by atoms with van der Waals surface area (Å²) in [5.41, 5.74) is 27.3. The molecular weight excluding hydrogens is 1270 g/mol. The van der Waals surface area contributed by atoms with E-state index in [0.29, 0.717) is 11.1 Å². The van der Waals surface area contributed by atoms with Crippen molar-refractivity contribution in [1.29, 1.82) is 10.5 Å². The van der Waals surface area contributed by atoms with E-state index in [1.165, 1.54) is 65.3 Å². The number of hydrogen-bond acceptors (Lipinski definition) is 4. The number of nitrogens with zero attached hydrogens (tertiary/aromatic N) is 8. The molecule has 0 saturated heterocycles. The van der Waals surface area contributed by atoms with Gasteiger partial charge in [0.1, 0.15) is 0 Å². The van der Waals surface area contributed by atoms with Crippen LogP contribution in [0.3, 0.4) is 0 Å². The van der Waals surface area contributed by atoms with E-state index >= 15 is 0 Å². The topological polar surface area (TPSA) is 93.1 Å². The summed E-state index contributed by atoms with van der Waals surface area (Å²) in [6.45, 7) is 0. The molecule has 0 spiro atoms. The summed E-state index contributed by atoms with van der Waals surface area (Å²) in [5.74, 6) is 0. The van der Waals surface area contributed by atoms with Crippen molar-refractivity contribution in [3.05, 3.63) is 375 Å². The second-order valence-electron chi connectivity index (χ2n) is 26.3. The van der Waals surface area contributed by atoms with Crippen LogP contribution in [0.2, 0.25) is 0 Å². The molecule has 14 aromatic carbocycles. The summed E-state index contributed by atoms with van der Waals surface area (Å²) < 4.78 is 9.40. The highest BCUT2D eigenvalue weighted by Crippen LogP contribution is 2.42. The van der Waals surface area contributed by atoms with E-state index in [4.69, 9.17) is 9.97 Å². The van der Waals surface area contributed by atoms with Crippen molar-refractivity contribution in [3.8, 4) is 102 Å². The molecule has 104 heavy (non-hydrogen) atoms. The van der Waals surface area contributed by atoms with Gasteiger partial charge in [0.15, 0.2) is 0 Å². The molecule has 20 aromatic rings. The fraction of sp³-hybridized carbons (Fsp3) is 0. The molecule has 0 bridgehead atoms. The monoisotopic (exact) mass is 1320 g/mol. The second kappa shape index (κ2) is 25.4. The Balaban J connectivity index is 0.000000143. The molecule has 8 heteroatoms. The third-order valence-electron chi connectivity index (χ3n) is 20.3. The van der Waals surface area contributed by atoms with Gasteiger partial charge in [0.2, 0.25) is 0 Å². The first-order valence-corrected chi connectivity index (χ1v) is 34.9. The molecule has 0 unspecified atom stereocenters. The van der Waals surface area contributed by atoms with Gasteiger partial charge in [0.05, 0.1) is 90.2 Å². The van der Waals surface area contributed by atoms with Crippen molar-refractivity contribution in [2.24, 2.45) is 0 Å². The number of benzene rings is 14. The van der Waals surface area contributed by atoms with Crippen LogP contribution in [-0.4, -0.2) is 28.2 Å². The Kier molecular flexibility index (Phi) is 14.8. The Morgan fingerprint density at radius 2 is 0.500 bits per heavy atom. The smallest absolute Gasteiger partial charge is 0.0991 e. The van der Waals surface area contributed by atoms with Crippen LogP contribution in [0.1, 0.15) is 11.1 Å². The largest absolute Gasteiger partial charge is 0.309 e. The lowest BCUT2D eigenvalue weighted by atomic mass is 10.0. The van der Waals surface area contributed by atoms with Gasteiger partial charge in [-0.25, -0.2) is 9.97 Å². The molecule has 6 heterocycles. The van der Waals surface area contributed by atoms with Gasteiger partial charge >= 0.3 is 0 Å². The zero-order chi connectivity index (χ0) is 69.2. The van der Waals surface area contributed by atoms with E-state index in [1.54, 1.807) is 0 Å². The lowest BCUT2D eigenvalue weighted by Gasteiger charge is -2.11. The Hall–Kier alpha value is -14.4. The van der Waals surface area contributed by atoms with Crippen molar-refractivity contribution < 1.29 is 0 Å². The highest BCUT2D eigenvalue weighted by molar-refractivity contribution is 6.15. The summed E-state index contributed by atoms with van der Waals surface area (Å²) in [6.07, 6.45) is 0. The molecule has 0 saturated carbocycles. The van der Waals surface area contributed by atoms with Crippen molar-refractivity contribution in [2.45, 2.75) is 0 Å². The predicted molar refractivity (Wildman–Crippen MR) is 428 cm³/mol. The van der Waals surface area contributed by atoms with Crippen molar-refractivity contribution in [3.63, 3.8) is 0 Å². The molecule has 6 aromatic heterocycles. The van der Waals surface area contributed by atoms with Gasteiger partial charge in [0, 0.05) is 88.1 Å². The van der Waals surface area contributed by atoms with Gasteiger partial charge in [-0.2, -0.15) is 10.5 Å². The Morgan fingerprint density at radius 3 is 0.962 bits per heavy atom. The third kappa shape index (κ3) is 10.5. The first-order chi connectivity index (χ1) is 51.5. The molecule has 0 fully saturated rings. The fourth-order valence-corrected chi connectivity index (χ4v) is 15.5. The van der Waals surface area contributed by atoms with Crippen LogP contribution in [0.15, 0.2) is 364 Å². The maximum absolute atomic E-state index is 9.42. The highest BCUT2D eigenvalue weighted by Gasteiger charge is 2.20. The Bertz CT molecular complexity index is 6880. The average Bonchev–Trinajstić information content (AvgIpc) is 1.60. The number of fused-ring (bicyclic) bond motifs is 12. The number of hydrogen-bond donors (Lipinski definition) is 0. The van der Waals surface area contributed by atoms with Crippen molar-refractivity contribution in [2.75, 3.05) is 0 Å². The molecule has 20 rings (SSSR count). The van der Waals surface area contributed by atoms with Crippen LogP contribution < -0.4 is 0 Å². The van der Waals surface area contributed by atoms with Crippen LogP contribution in [-0.2, 0) is 0 Å². The molecule has 0 N–H and O–H groups in total. The second-order valence-corrected chi connectivity index (χ2v) is 26.3. The molecule has 0 atom stereocenters. The minimum absolute atomic E-state index is 0.622. The maximum Gasteiger partial charge on any atom is 0.0991 e. The van der Waals surface area contributed by atoms with E-state index < -0.39 is 0 Å². The molecule has 0 radical (unpaired) electrons. The zero-order valence-electron chi connectivity index (χ0n) is 56.2. The standard InChI is InChI=1S/2C48H30N4/c49-31-32-11-8-12-35(27-32)43-19-10-20-44(50-43)36-13-9-16-38(28-36)52-46-22-7-5-18-40(46)42-29-33(24-26-47(42)52)34-23-25-41-39-17-4-6-21-45(39)51(48(41)30-34)37-14-2-1-3-15-37;49-31-32-20-24-37(25-21-32)51-45-18-6-4-14-39(45)41-26-22-35(30-48(41)51)34-23-27-47-42(29-34)40-15-5-7-19-46(40)52(47)38-13-8-12-36(28-38)44-17-9-16-43(50-44)33-10-2-1-3-11-33/h2*1-30H. The zero-order valence-corrected chi connectivity index (χ0v) is 56.2. The van der Waals surface area contributed by atoms with Gasteiger partial charge in [0.25, 0.3) is 0 Å². The number of pyridine rings is 2. The number of aromatic nitrogens is 6. The van der Waals surface area contributed by atoms with Crippen LogP contribution in [0.5, 0.6) is 0 Å². The van der Waals surface area contributed by atoms with Crippen LogP contribution in [0, 0.1) is 22.7 Å². The van der Waals surface area contributed by atoms with Gasteiger partial charge in [-0.3, -0.25) is 0 Å². The summed E-state index contributed by atoms with van der Waals surface area (Å²) in [4.78, 5) is 10.1. The van der Waals surface area contributed by atoms with Gasteiger partial charge < -0.3 is 18.3 Å². The van der Waals surface area contributed by atoms with E-state index in [-0.39, 0.29) is 0 Å². The third-order valence-corrected chi connectivity index (χ3v) is 20.3. The molecule has 0 aliphatic rings. The molecule has 0 aliphatic carbocycles. The molecule has 0 aliphatic heterocycles. The van der Waals surface area contributed by atoms with Gasteiger partial charge in [-0.05, 0) is 180 Å². The van der Waals surface area contributed by atoms with E-state index in [9.17, 15) is 10.5 Å². The fourth-order valence-electron chi connectivity index (χ4n) is 15.5. The minimum atomic E-state index is 0.622. The number of nitriles is 2. The molecule has 0 amide bonds. The van der Waals surface area contributed by atoms with E-state index in [0.717, 1.165) is 112 Å². The summed E-state index contributed by atoms with van der Waals surface area (Å²) in [7, 11) is 0. The molecule has 484 valence electrons. The molecule has 8 nitrogen and oxygen atoms in total. The summed E-state index contributed by atoms with van der Waals surface area (Å²) in [6, 6.07) is 132. The van der Waals surface area contributed by atoms with Crippen LogP contribution >= 0.6 is 0 Å². The molecular formula is C96H60N8. The van der Waals surface area contributed by atoms with Gasteiger partial charge in [-0.15, -0.1) is 0 Å². The number of para-hydroxylation sites is 5. The average molecular weight is 1330 g/mol. The quantitative estimate of drug-likeness (QED) is 0.136. The highest BCUT2D eigenvalue weighted by atomic mass is 15.0. The normalized spacial score (nSPS) is 11.4. The first-order valence-electron chi connectivity index (χ1n) is 34.9. The van der Waals surface area contributed by atoms with Crippen molar-refractivity contribution in [1.82, 2.24) is 28.2 Å². The maximum atomic E-state index is 9.42. The first kappa shape index (κ1) is 60.7. The van der Waals surface area contributed by atoms with Crippen LogP contribution in [0.25, 0.3) is 177 Å². The predicted octanol–water partition coefficient (Wildman–Crippen LogP) is 24.3. The SMILES string of the molecule is N#Cc1ccc(-n2c3ccccc3c3ccc(-c4ccc5c(c4)c4ccccc4n5-c4cccc(-c5cccc(-c6ccccc6)n5)c4)cc32)cc1.N#Cc1cccc(-c2cccc(-c3cccc(-n4c5ccccc5c5cc(-c6ccc7c8ccccc8n(-c8ccccc8)c7c6)ccc54)c3)n2)c1. The summed E-state index contributed by atoms with van der Waals surface area (Å²) in [5, 5.41) is 28.6. The Labute approximate surface area is 599 Å². The minimum Gasteiger partial charge on any atom is -0.309 e. The lowest BCUT2D eigenvalue weighted by Crippen LogP contribution is -1.95. The Morgan fingerprint density at radius 1 is 0.183 bits per heavy atom. The van der Waals surface area contributed by atoms with Gasteiger partial charge in [-0.1, -0.05) is 206 Å². The van der Waals surface area contributed by atoms with Crippen molar-refractivity contribution >= 4 is 87.2 Å². The van der Waals surface area contributed by atoms with E-state index in [1.807, 2.05) is 84.9 Å². The summed E-state index contributed by atoms with van der Waals surface area (Å²) >= 11 is 0.